The van der Waals surface area contributed by atoms with Gasteiger partial charge >= 0.3 is 0 Å². The Bertz CT molecular complexity index is 800. The van der Waals surface area contributed by atoms with Gasteiger partial charge in [-0.15, -0.1) is 11.8 Å². The Hall–Kier alpha value is -1.79. The lowest BCUT2D eigenvalue weighted by Crippen LogP contribution is -1.87. The van der Waals surface area contributed by atoms with E-state index in [2.05, 4.69) is 21.9 Å². The van der Waals surface area contributed by atoms with Crippen molar-refractivity contribution in [2.45, 2.75) is 17.1 Å². The van der Waals surface area contributed by atoms with E-state index in [0.29, 0.717) is 0 Å². The third kappa shape index (κ3) is 3.59. The van der Waals surface area contributed by atoms with Crippen LogP contribution in [0.4, 0.5) is 4.39 Å². The molecule has 2 aromatic heterocycles. The van der Waals surface area contributed by atoms with Crippen LogP contribution in [0.1, 0.15) is 6.92 Å². The van der Waals surface area contributed by atoms with Crippen LogP contribution in [-0.2, 0) is 0 Å². The summed E-state index contributed by atoms with van der Waals surface area (Å²) in [4.78, 5) is 12.4. The van der Waals surface area contributed by atoms with Crippen molar-refractivity contribution in [2.24, 2.45) is 0 Å². The lowest BCUT2D eigenvalue weighted by atomic mass is 10.1. The summed E-state index contributed by atoms with van der Waals surface area (Å²) in [5, 5.41) is 1.81. The third-order valence-corrected chi connectivity index (χ3v) is 4.70. The second-order valence-corrected chi connectivity index (χ2v) is 6.87. The lowest BCUT2D eigenvalue weighted by molar-refractivity contribution is 0.628. The molecule has 0 unspecified atom stereocenters. The highest BCUT2D eigenvalue weighted by Gasteiger charge is 2.14. The highest BCUT2D eigenvalue weighted by atomic mass is 32.2. The Labute approximate surface area is 143 Å². The number of benzene rings is 1. The van der Waals surface area contributed by atoms with Crippen LogP contribution in [0.15, 0.2) is 52.8 Å². The van der Waals surface area contributed by atoms with Gasteiger partial charge in [0.1, 0.15) is 5.82 Å². The van der Waals surface area contributed by atoms with Crippen LogP contribution < -0.4 is 0 Å². The van der Waals surface area contributed by atoms with E-state index < -0.39 is 0 Å². The normalized spacial score (nSPS) is 10.9. The third-order valence-electron chi connectivity index (χ3n) is 3.31. The van der Waals surface area contributed by atoms with Crippen LogP contribution in [0.25, 0.3) is 22.5 Å². The molecule has 3 nitrogen and oxygen atoms in total. The average Bonchev–Trinajstić information content (AvgIpc) is 3.00. The minimum atomic E-state index is -0.245. The first-order chi connectivity index (χ1) is 11.2. The molecule has 6 heteroatoms. The van der Waals surface area contributed by atoms with E-state index in [0.717, 1.165) is 38.5 Å². The maximum atomic E-state index is 13.2. The minimum absolute atomic E-state index is 0.245. The molecule has 23 heavy (non-hydrogen) atoms. The first kappa shape index (κ1) is 16.1. The molecule has 0 aliphatic heterocycles. The Morgan fingerprint density at radius 3 is 2.61 bits per heavy atom. The van der Waals surface area contributed by atoms with Gasteiger partial charge < -0.3 is 4.98 Å². The van der Waals surface area contributed by atoms with Gasteiger partial charge in [0.2, 0.25) is 0 Å². The molecule has 118 valence electrons. The monoisotopic (exact) mass is 345 g/mol. The maximum Gasteiger partial charge on any atom is 0.166 e. The molecule has 1 aromatic carbocycles. The maximum absolute atomic E-state index is 13.2. The summed E-state index contributed by atoms with van der Waals surface area (Å²) >= 11 is 3.25. The summed E-state index contributed by atoms with van der Waals surface area (Å²) < 4.78 is 13.2. The van der Waals surface area contributed by atoms with E-state index in [4.69, 9.17) is 0 Å². The molecule has 3 rings (SSSR count). The van der Waals surface area contributed by atoms with Crippen LogP contribution in [0.5, 0.6) is 0 Å². The Morgan fingerprint density at radius 2 is 1.91 bits per heavy atom. The van der Waals surface area contributed by atoms with E-state index in [1.165, 1.54) is 12.1 Å². The largest absolute Gasteiger partial charge is 0.332 e. The number of rotatable bonds is 5. The van der Waals surface area contributed by atoms with Gasteiger partial charge in [0, 0.05) is 17.3 Å². The molecular weight excluding hydrogens is 329 g/mol. The standard InChI is InChI=1S/C17H16FN3S2/c1-3-23-14-10-12(8-9-19-14)16-15(20-17(21-16)22-2)11-4-6-13(18)7-5-11/h4-10H,3H2,1-2H3,(H,20,21). The van der Waals surface area contributed by atoms with Crippen molar-refractivity contribution in [1.29, 1.82) is 0 Å². The Balaban J connectivity index is 2.09. The van der Waals surface area contributed by atoms with Crippen molar-refractivity contribution >= 4 is 23.5 Å². The van der Waals surface area contributed by atoms with Crippen LogP contribution in [0.2, 0.25) is 0 Å². The molecule has 0 amide bonds. The van der Waals surface area contributed by atoms with E-state index in [9.17, 15) is 4.39 Å². The van der Waals surface area contributed by atoms with Crippen LogP contribution in [-0.4, -0.2) is 27.0 Å². The predicted molar refractivity (Wildman–Crippen MR) is 95.4 cm³/mol. The van der Waals surface area contributed by atoms with Gasteiger partial charge in [0.05, 0.1) is 16.4 Å². The van der Waals surface area contributed by atoms with Crippen molar-refractivity contribution in [1.82, 2.24) is 15.0 Å². The number of halogens is 1. The highest BCUT2D eigenvalue weighted by molar-refractivity contribution is 7.99. The fraction of sp³-hybridized carbons (Fsp3) is 0.176. The summed E-state index contributed by atoms with van der Waals surface area (Å²) in [5.41, 5.74) is 3.68. The molecule has 0 aliphatic rings. The van der Waals surface area contributed by atoms with E-state index >= 15 is 0 Å². The molecule has 3 aromatic rings. The summed E-state index contributed by atoms with van der Waals surface area (Å²) in [7, 11) is 0. The van der Waals surface area contributed by atoms with Gasteiger partial charge in [-0.3, -0.25) is 0 Å². The molecule has 2 heterocycles. The average molecular weight is 345 g/mol. The van der Waals surface area contributed by atoms with Crippen molar-refractivity contribution in [3.63, 3.8) is 0 Å². The minimum Gasteiger partial charge on any atom is -0.332 e. The summed E-state index contributed by atoms with van der Waals surface area (Å²) in [6, 6.07) is 10.4. The molecule has 0 saturated carbocycles. The second-order valence-electron chi connectivity index (χ2n) is 4.79. The fourth-order valence-corrected chi connectivity index (χ4v) is 3.29. The number of H-pyrrole nitrogens is 1. The van der Waals surface area contributed by atoms with Crippen LogP contribution >= 0.6 is 23.5 Å². The number of hydrogen-bond acceptors (Lipinski definition) is 4. The van der Waals surface area contributed by atoms with Gasteiger partial charge in [-0.25, -0.2) is 14.4 Å². The van der Waals surface area contributed by atoms with Gasteiger partial charge in [-0.05, 0) is 48.4 Å². The summed E-state index contributed by atoms with van der Waals surface area (Å²) in [6.07, 6.45) is 3.77. The first-order valence-corrected chi connectivity index (χ1v) is 9.41. The van der Waals surface area contributed by atoms with Gasteiger partial charge in [-0.2, -0.15) is 0 Å². The van der Waals surface area contributed by atoms with Crippen molar-refractivity contribution in [3.05, 3.63) is 48.4 Å². The summed E-state index contributed by atoms with van der Waals surface area (Å²) in [5.74, 6) is 0.725. The number of thioether (sulfide) groups is 2. The van der Waals surface area contributed by atoms with Crippen LogP contribution in [0, 0.1) is 5.82 Å². The number of nitrogens with zero attached hydrogens (tertiary/aromatic N) is 2. The second kappa shape index (κ2) is 7.19. The van der Waals surface area contributed by atoms with Gasteiger partial charge in [0.15, 0.2) is 5.16 Å². The Kier molecular flexibility index (Phi) is 5.03. The number of pyridine rings is 1. The van der Waals surface area contributed by atoms with Crippen LogP contribution in [0.3, 0.4) is 0 Å². The number of aromatic amines is 1. The van der Waals surface area contributed by atoms with Gasteiger partial charge in [-0.1, -0.05) is 18.7 Å². The quantitative estimate of drug-likeness (QED) is 0.652. The SMILES string of the molecule is CCSc1cc(-c2nc(SC)[nH]c2-c2ccc(F)cc2)ccn1. The molecule has 0 fully saturated rings. The lowest BCUT2D eigenvalue weighted by Gasteiger charge is -2.05. The smallest absolute Gasteiger partial charge is 0.166 e. The van der Waals surface area contributed by atoms with E-state index in [1.807, 2.05) is 18.4 Å². The molecule has 0 bridgehead atoms. The summed E-state index contributed by atoms with van der Waals surface area (Å²) in [6.45, 7) is 2.10. The number of imidazole rings is 1. The Morgan fingerprint density at radius 1 is 1.13 bits per heavy atom. The zero-order valence-electron chi connectivity index (χ0n) is 12.8. The van der Waals surface area contributed by atoms with E-state index in [-0.39, 0.29) is 5.82 Å². The highest BCUT2D eigenvalue weighted by Crippen LogP contribution is 2.33. The van der Waals surface area contributed by atoms with E-state index in [1.54, 1.807) is 41.9 Å². The molecular formula is C17H16FN3S2. The fourth-order valence-electron chi connectivity index (χ4n) is 2.27. The van der Waals surface area contributed by atoms with Crippen molar-refractivity contribution in [2.75, 3.05) is 12.0 Å². The molecule has 0 aliphatic carbocycles. The number of aromatic nitrogens is 3. The molecule has 0 saturated heterocycles. The van der Waals surface area contributed by atoms with Crippen molar-refractivity contribution in [3.8, 4) is 22.5 Å². The topological polar surface area (TPSA) is 41.6 Å². The number of hydrogen-bond donors (Lipinski definition) is 1. The zero-order chi connectivity index (χ0) is 16.2. The van der Waals surface area contributed by atoms with Crippen molar-refractivity contribution < 1.29 is 4.39 Å². The molecule has 1 N–H and O–H groups in total. The molecule has 0 atom stereocenters. The number of nitrogens with one attached hydrogen (secondary N) is 1. The first-order valence-electron chi connectivity index (χ1n) is 7.20. The molecule has 0 radical (unpaired) electrons. The zero-order valence-corrected chi connectivity index (χ0v) is 14.5. The van der Waals surface area contributed by atoms with Gasteiger partial charge in [0.25, 0.3) is 0 Å². The predicted octanol–water partition coefficient (Wildman–Crippen LogP) is 5.11. The molecule has 0 spiro atoms.